The molecule has 13 heavy (non-hydrogen) atoms. The molecular weight excluding hydrogens is 168 g/mol. The van der Waals surface area contributed by atoms with Gasteiger partial charge in [-0.15, -0.1) is 0 Å². The SMILES string of the molecule is Cc1nccn1C(C(=O)O)C1CC1. The van der Waals surface area contributed by atoms with Gasteiger partial charge in [-0.1, -0.05) is 0 Å². The van der Waals surface area contributed by atoms with Crippen molar-refractivity contribution >= 4 is 5.97 Å². The molecule has 1 aromatic rings. The van der Waals surface area contributed by atoms with Gasteiger partial charge in [-0.05, 0) is 25.7 Å². The molecule has 70 valence electrons. The maximum absolute atomic E-state index is 11.0. The Hall–Kier alpha value is -1.32. The molecule has 1 heterocycles. The van der Waals surface area contributed by atoms with Gasteiger partial charge in [-0.3, -0.25) is 0 Å². The average Bonchev–Trinajstić information content (AvgIpc) is 2.78. The van der Waals surface area contributed by atoms with Crippen LogP contribution in [0.1, 0.15) is 24.7 Å². The first kappa shape index (κ1) is 8.29. The van der Waals surface area contributed by atoms with Crippen LogP contribution in [0, 0.1) is 12.8 Å². The zero-order valence-corrected chi connectivity index (χ0v) is 7.47. The van der Waals surface area contributed by atoms with E-state index in [0.717, 1.165) is 18.7 Å². The number of carbonyl (C=O) groups is 1. The molecule has 0 saturated heterocycles. The summed E-state index contributed by atoms with van der Waals surface area (Å²) in [4.78, 5) is 15.0. The number of hydrogen-bond donors (Lipinski definition) is 1. The maximum Gasteiger partial charge on any atom is 0.327 e. The van der Waals surface area contributed by atoms with Crippen LogP contribution in [0.15, 0.2) is 12.4 Å². The first-order chi connectivity index (χ1) is 6.20. The molecule has 4 nitrogen and oxygen atoms in total. The molecule has 0 spiro atoms. The van der Waals surface area contributed by atoms with Crippen LogP contribution >= 0.6 is 0 Å². The molecule has 1 saturated carbocycles. The van der Waals surface area contributed by atoms with E-state index in [9.17, 15) is 4.79 Å². The molecule has 0 amide bonds. The Morgan fingerprint density at radius 1 is 1.77 bits per heavy atom. The molecule has 1 aliphatic rings. The third-order valence-electron chi connectivity index (χ3n) is 2.48. The van der Waals surface area contributed by atoms with Gasteiger partial charge >= 0.3 is 5.97 Å². The molecule has 1 atom stereocenters. The number of carboxylic acid groups (broad SMARTS) is 1. The summed E-state index contributed by atoms with van der Waals surface area (Å²) < 4.78 is 1.75. The van der Waals surface area contributed by atoms with Crippen LogP contribution in [0.3, 0.4) is 0 Å². The number of nitrogens with zero attached hydrogens (tertiary/aromatic N) is 2. The van der Waals surface area contributed by atoms with Crippen molar-refractivity contribution in [3.63, 3.8) is 0 Å². The summed E-state index contributed by atoms with van der Waals surface area (Å²) >= 11 is 0. The van der Waals surface area contributed by atoms with Crippen molar-refractivity contribution < 1.29 is 9.90 Å². The Kier molecular flexibility index (Phi) is 1.83. The van der Waals surface area contributed by atoms with E-state index >= 15 is 0 Å². The Morgan fingerprint density at radius 2 is 2.46 bits per heavy atom. The number of rotatable bonds is 3. The summed E-state index contributed by atoms with van der Waals surface area (Å²) in [7, 11) is 0. The minimum absolute atomic E-state index is 0.311. The van der Waals surface area contributed by atoms with E-state index in [4.69, 9.17) is 5.11 Å². The lowest BCUT2D eigenvalue weighted by atomic mass is 10.2. The highest BCUT2D eigenvalue weighted by Crippen LogP contribution is 2.40. The van der Waals surface area contributed by atoms with Crippen LogP contribution in [0.2, 0.25) is 0 Å². The fraction of sp³-hybridized carbons (Fsp3) is 0.556. The topological polar surface area (TPSA) is 55.1 Å². The lowest BCUT2D eigenvalue weighted by Gasteiger charge is -2.14. The normalized spacial score (nSPS) is 18.5. The summed E-state index contributed by atoms with van der Waals surface area (Å²) in [6, 6.07) is -0.400. The highest BCUT2D eigenvalue weighted by atomic mass is 16.4. The summed E-state index contributed by atoms with van der Waals surface area (Å²) in [5.41, 5.74) is 0. The van der Waals surface area contributed by atoms with Gasteiger partial charge in [-0.25, -0.2) is 9.78 Å². The fourth-order valence-electron chi connectivity index (χ4n) is 1.64. The summed E-state index contributed by atoms with van der Waals surface area (Å²) in [5.74, 6) is 0.341. The molecule has 1 N–H and O–H groups in total. The van der Waals surface area contributed by atoms with E-state index in [1.165, 1.54) is 0 Å². The molecule has 1 aliphatic carbocycles. The van der Waals surface area contributed by atoms with Crippen molar-refractivity contribution in [2.24, 2.45) is 5.92 Å². The largest absolute Gasteiger partial charge is 0.480 e. The summed E-state index contributed by atoms with van der Waals surface area (Å²) in [6.07, 6.45) is 5.43. The molecule has 4 heteroatoms. The van der Waals surface area contributed by atoms with E-state index < -0.39 is 12.0 Å². The predicted octanol–water partition coefficient (Wildman–Crippen LogP) is 1.23. The zero-order valence-electron chi connectivity index (χ0n) is 7.47. The van der Waals surface area contributed by atoms with E-state index in [2.05, 4.69) is 4.98 Å². The minimum Gasteiger partial charge on any atom is -0.480 e. The van der Waals surface area contributed by atoms with Crippen molar-refractivity contribution in [2.75, 3.05) is 0 Å². The first-order valence-electron chi connectivity index (χ1n) is 4.42. The van der Waals surface area contributed by atoms with Crippen molar-refractivity contribution in [2.45, 2.75) is 25.8 Å². The number of imidazole rings is 1. The summed E-state index contributed by atoms with van der Waals surface area (Å²) in [6.45, 7) is 1.83. The second kappa shape index (κ2) is 2.87. The number of aliphatic carboxylic acids is 1. The Morgan fingerprint density at radius 3 is 2.85 bits per heavy atom. The van der Waals surface area contributed by atoms with Crippen molar-refractivity contribution in [1.29, 1.82) is 0 Å². The highest BCUT2D eigenvalue weighted by molar-refractivity contribution is 5.72. The third kappa shape index (κ3) is 1.43. The number of aryl methyl sites for hydroxylation is 1. The van der Waals surface area contributed by atoms with Gasteiger partial charge in [-0.2, -0.15) is 0 Å². The average molecular weight is 180 g/mol. The van der Waals surface area contributed by atoms with Crippen molar-refractivity contribution in [1.82, 2.24) is 9.55 Å². The highest BCUT2D eigenvalue weighted by Gasteiger charge is 2.37. The Balaban J connectivity index is 2.30. The van der Waals surface area contributed by atoms with Gasteiger partial charge in [0.25, 0.3) is 0 Å². The fourth-order valence-corrected chi connectivity index (χ4v) is 1.64. The van der Waals surface area contributed by atoms with Gasteiger partial charge in [0.2, 0.25) is 0 Å². The standard InChI is InChI=1S/C9H12N2O2/c1-6-10-4-5-11(6)8(9(12)13)7-2-3-7/h4-5,7-8H,2-3H2,1H3,(H,12,13). The first-order valence-corrected chi connectivity index (χ1v) is 4.42. The van der Waals surface area contributed by atoms with Gasteiger partial charge < -0.3 is 9.67 Å². The molecule has 0 aliphatic heterocycles. The second-order valence-electron chi connectivity index (χ2n) is 3.50. The predicted molar refractivity (Wildman–Crippen MR) is 46.4 cm³/mol. The van der Waals surface area contributed by atoms with Gasteiger partial charge in [0, 0.05) is 12.4 Å². The van der Waals surface area contributed by atoms with Gasteiger partial charge in [0.05, 0.1) is 0 Å². The van der Waals surface area contributed by atoms with Gasteiger partial charge in [0.1, 0.15) is 11.9 Å². The van der Waals surface area contributed by atoms with Crippen LogP contribution in [-0.2, 0) is 4.79 Å². The van der Waals surface area contributed by atoms with E-state index in [1.807, 2.05) is 6.92 Å². The van der Waals surface area contributed by atoms with Crippen LogP contribution in [0.25, 0.3) is 0 Å². The maximum atomic E-state index is 11.0. The van der Waals surface area contributed by atoms with Crippen molar-refractivity contribution in [3.8, 4) is 0 Å². The van der Waals surface area contributed by atoms with Crippen LogP contribution in [0.5, 0.6) is 0 Å². The lowest BCUT2D eigenvalue weighted by Crippen LogP contribution is -2.21. The summed E-state index contributed by atoms with van der Waals surface area (Å²) in [5, 5.41) is 9.03. The number of carboxylic acids is 1. The lowest BCUT2D eigenvalue weighted by molar-refractivity contribution is -0.141. The Bertz CT molecular complexity index is 328. The van der Waals surface area contributed by atoms with E-state index in [-0.39, 0.29) is 0 Å². The molecule has 1 fully saturated rings. The molecule has 2 rings (SSSR count). The smallest absolute Gasteiger partial charge is 0.327 e. The second-order valence-corrected chi connectivity index (χ2v) is 3.50. The Labute approximate surface area is 76.2 Å². The molecule has 0 radical (unpaired) electrons. The number of aromatic nitrogens is 2. The van der Waals surface area contributed by atoms with Crippen LogP contribution in [-0.4, -0.2) is 20.6 Å². The van der Waals surface area contributed by atoms with Gasteiger partial charge in [0.15, 0.2) is 0 Å². The van der Waals surface area contributed by atoms with Crippen LogP contribution < -0.4 is 0 Å². The third-order valence-corrected chi connectivity index (χ3v) is 2.48. The minimum atomic E-state index is -0.747. The van der Waals surface area contributed by atoms with Crippen molar-refractivity contribution in [3.05, 3.63) is 18.2 Å². The van der Waals surface area contributed by atoms with Crippen LogP contribution in [0.4, 0.5) is 0 Å². The molecule has 1 aromatic heterocycles. The van der Waals surface area contributed by atoms with E-state index in [1.54, 1.807) is 17.0 Å². The van der Waals surface area contributed by atoms with E-state index in [0.29, 0.717) is 5.92 Å². The molecular formula is C9H12N2O2. The quantitative estimate of drug-likeness (QED) is 0.761. The molecule has 1 unspecified atom stereocenters. The monoisotopic (exact) mass is 180 g/mol. The zero-order chi connectivity index (χ0) is 9.42. The molecule has 0 bridgehead atoms. The number of hydrogen-bond acceptors (Lipinski definition) is 2. The molecule has 0 aromatic carbocycles.